The number of amides is 3. The first-order chi connectivity index (χ1) is 15.8. The zero-order valence-electron chi connectivity index (χ0n) is 17.1. The van der Waals surface area contributed by atoms with Gasteiger partial charge in [-0.25, -0.2) is 4.90 Å². The summed E-state index contributed by atoms with van der Waals surface area (Å²) in [5.41, 5.74) is 1.11. The summed E-state index contributed by atoms with van der Waals surface area (Å²) in [6.07, 6.45) is 2.99. The second-order valence-electron chi connectivity index (χ2n) is 7.36. The molecule has 2 heterocycles. The van der Waals surface area contributed by atoms with Crippen molar-refractivity contribution in [1.29, 1.82) is 0 Å². The quantitative estimate of drug-likeness (QED) is 0.284. The normalized spacial score (nSPS) is 15.5. The van der Waals surface area contributed by atoms with Crippen LogP contribution < -0.4 is 4.90 Å². The van der Waals surface area contributed by atoms with Gasteiger partial charge in [0.15, 0.2) is 0 Å². The summed E-state index contributed by atoms with van der Waals surface area (Å²) < 4.78 is 0.799. The number of anilines is 1. The molecule has 1 fully saturated rings. The molecule has 3 amide bonds. The van der Waals surface area contributed by atoms with Gasteiger partial charge in [-0.15, -0.1) is 0 Å². The van der Waals surface area contributed by atoms with Crippen molar-refractivity contribution in [2.45, 2.75) is 19.0 Å². The number of non-ortho nitro benzene ring substituents is 1. The Bertz CT molecular complexity index is 1220. The molecule has 1 unspecified atom stereocenters. The van der Waals surface area contributed by atoms with Gasteiger partial charge in [-0.05, 0) is 48.0 Å². The Hall–Kier alpha value is -3.92. The molecule has 0 spiro atoms. The van der Waals surface area contributed by atoms with Gasteiger partial charge < -0.3 is 4.90 Å². The molecule has 10 heteroatoms. The van der Waals surface area contributed by atoms with Gasteiger partial charge in [0.25, 0.3) is 17.5 Å². The number of imide groups is 1. The van der Waals surface area contributed by atoms with Crippen molar-refractivity contribution in [2.75, 3.05) is 4.90 Å². The standard InChI is InChI=1S/C23H17BrN4O5/c24-17-5-9-18(10-6-17)27-21(29)12-20(23(27)31)26(14-15-2-1-11-25-13-15)22(30)16-3-7-19(8-4-16)28(32)33/h1-11,13,20H,12,14H2. The Kier molecular flexibility index (Phi) is 6.27. The number of halogens is 1. The van der Waals surface area contributed by atoms with Crippen LogP contribution in [0.15, 0.2) is 77.5 Å². The Morgan fingerprint density at radius 3 is 2.42 bits per heavy atom. The predicted octanol–water partition coefficient (Wildman–Crippen LogP) is 3.73. The van der Waals surface area contributed by atoms with Crippen LogP contribution in [0.2, 0.25) is 0 Å². The summed E-state index contributed by atoms with van der Waals surface area (Å²) in [6.45, 7) is 0.0432. The predicted molar refractivity (Wildman–Crippen MR) is 122 cm³/mol. The van der Waals surface area contributed by atoms with Crippen LogP contribution in [0.4, 0.5) is 11.4 Å². The number of hydrogen-bond acceptors (Lipinski definition) is 6. The number of hydrogen-bond donors (Lipinski definition) is 0. The van der Waals surface area contributed by atoms with E-state index >= 15 is 0 Å². The topological polar surface area (TPSA) is 114 Å². The van der Waals surface area contributed by atoms with Crippen LogP contribution in [-0.2, 0) is 16.1 Å². The molecule has 33 heavy (non-hydrogen) atoms. The van der Waals surface area contributed by atoms with Crippen LogP contribution >= 0.6 is 15.9 Å². The van der Waals surface area contributed by atoms with Crippen molar-refractivity contribution in [3.05, 3.63) is 98.8 Å². The summed E-state index contributed by atoms with van der Waals surface area (Å²) in [7, 11) is 0. The fourth-order valence-corrected chi connectivity index (χ4v) is 3.89. The highest BCUT2D eigenvalue weighted by Gasteiger charge is 2.44. The molecule has 2 aromatic carbocycles. The van der Waals surface area contributed by atoms with Crippen molar-refractivity contribution in [3.8, 4) is 0 Å². The number of nitro groups is 1. The first-order valence-corrected chi connectivity index (χ1v) is 10.7. The molecular formula is C23H17BrN4O5. The Morgan fingerprint density at radius 2 is 1.82 bits per heavy atom. The van der Waals surface area contributed by atoms with Crippen LogP contribution in [0.1, 0.15) is 22.3 Å². The van der Waals surface area contributed by atoms with E-state index in [1.165, 1.54) is 29.2 Å². The Morgan fingerprint density at radius 1 is 1.12 bits per heavy atom. The van der Waals surface area contributed by atoms with E-state index in [0.717, 1.165) is 9.37 Å². The monoisotopic (exact) mass is 508 g/mol. The highest BCUT2D eigenvalue weighted by Crippen LogP contribution is 2.29. The summed E-state index contributed by atoms with van der Waals surface area (Å²) >= 11 is 3.33. The maximum atomic E-state index is 13.4. The minimum atomic E-state index is -1.02. The molecule has 1 aromatic heterocycles. The molecule has 1 aliphatic rings. The molecule has 4 rings (SSSR count). The lowest BCUT2D eigenvalue weighted by Gasteiger charge is -2.28. The maximum absolute atomic E-state index is 13.4. The second kappa shape index (κ2) is 9.29. The van der Waals surface area contributed by atoms with Crippen molar-refractivity contribution in [1.82, 2.24) is 9.88 Å². The number of nitro benzene ring substituents is 1. The molecule has 1 aliphatic heterocycles. The minimum Gasteiger partial charge on any atom is -0.322 e. The van der Waals surface area contributed by atoms with Gasteiger partial charge in [0.1, 0.15) is 6.04 Å². The number of aromatic nitrogens is 1. The smallest absolute Gasteiger partial charge is 0.269 e. The van der Waals surface area contributed by atoms with Gasteiger partial charge in [0.05, 0.1) is 17.0 Å². The zero-order chi connectivity index (χ0) is 23.5. The van der Waals surface area contributed by atoms with E-state index in [4.69, 9.17) is 0 Å². The lowest BCUT2D eigenvalue weighted by molar-refractivity contribution is -0.384. The summed E-state index contributed by atoms with van der Waals surface area (Å²) in [6, 6.07) is 14.3. The fourth-order valence-electron chi connectivity index (χ4n) is 3.62. The van der Waals surface area contributed by atoms with Crippen LogP contribution in [-0.4, -0.2) is 38.6 Å². The Balaban J connectivity index is 1.67. The van der Waals surface area contributed by atoms with Crippen molar-refractivity contribution in [3.63, 3.8) is 0 Å². The highest BCUT2D eigenvalue weighted by molar-refractivity contribution is 9.10. The first-order valence-electron chi connectivity index (χ1n) is 9.92. The zero-order valence-corrected chi connectivity index (χ0v) is 18.7. The van der Waals surface area contributed by atoms with Crippen LogP contribution in [0.25, 0.3) is 0 Å². The molecule has 0 aliphatic carbocycles. The number of pyridine rings is 1. The number of carbonyl (C=O) groups excluding carboxylic acids is 3. The number of rotatable bonds is 6. The lowest BCUT2D eigenvalue weighted by Crippen LogP contribution is -2.45. The third-order valence-corrected chi connectivity index (χ3v) is 5.77. The molecule has 9 nitrogen and oxygen atoms in total. The molecule has 0 N–H and O–H groups in total. The molecular weight excluding hydrogens is 492 g/mol. The third-order valence-electron chi connectivity index (χ3n) is 5.25. The maximum Gasteiger partial charge on any atom is 0.269 e. The summed E-state index contributed by atoms with van der Waals surface area (Å²) in [5, 5.41) is 10.9. The molecule has 0 bridgehead atoms. The minimum absolute atomic E-state index is 0.0432. The lowest BCUT2D eigenvalue weighted by atomic mass is 10.1. The number of nitrogens with zero attached hydrogens (tertiary/aromatic N) is 4. The average Bonchev–Trinajstić information content (AvgIpc) is 3.12. The number of carbonyl (C=O) groups is 3. The molecule has 1 atom stereocenters. The van der Waals surface area contributed by atoms with Gasteiger partial charge in [-0.3, -0.25) is 29.5 Å². The average molecular weight is 509 g/mol. The van der Waals surface area contributed by atoms with Gasteiger partial charge >= 0.3 is 0 Å². The van der Waals surface area contributed by atoms with Crippen LogP contribution in [0.3, 0.4) is 0 Å². The molecule has 0 radical (unpaired) electrons. The van der Waals surface area contributed by atoms with Gasteiger partial charge in [-0.2, -0.15) is 0 Å². The molecule has 3 aromatic rings. The number of benzene rings is 2. The highest BCUT2D eigenvalue weighted by atomic mass is 79.9. The fraction of sp³-hybridized carbons (Fsp3) is 0.130. The van der Waals surface area contributed by atoms with E-state index in [-0.39, 0.29) is 24.2 Å². The molecule has 1 saturated heterocycles. The van der Waals surface area contributed by atoms with E-state index < -0.39 is 28.7 Å². The summed E-state index contributed by atoms with van der Waals surface area (Å²) in [5.74, 6) is -1.45. The third kappa shape index (κ3) is 4.65. The van der Waals surface area contributed by atoms with Crippen LogP contribution in [0, 0.1) is 10.1 Å². The van der Waals surface area contributed by atoms with E-state index in [1.807, 2.05) is 0 Å². The first kappa shape index (κ1) is 22.3. The van der Waals surface area contributed by atoms with Crippen LogP contribution in [0.5, 0.6) is 0 Å². The molecule has 166 valence electrons. The van der Waals surface area contributed by atoms with Crippen molar-refractivity contribution >= 4 is 45.0 Å². The SMILES string of the molecule is O=C1CC(N(Cc2cccnc2)C(=O)c2ccc([N+](=O)[O-])cc2)C(=O)N1c1ccc(Br)cc1. The Labute approximate surface area is 196 Å². The summed E-state index contributed by atoms with van der Waals surface area (Å²) in [4.78, 5) is 56.3. The van der Waals surface area contributed by atoms with Gasteiger partial charge in [0, 0.05) is 41.1 Å². The van der Waals surface area contributed by atoms with Gasteiger partial charge in [-0.1, -0.05) is 22.0 Å². The van der Waals surface area contributed by atoms with E-state index in [0.29, 0.717) is 11.3 Å². The van der Waals surface area contributed by atoms with E-state index in [1.54, 1.807) is 48.8 Å². The van der Waals surface area contributed by atoms with Gasteiger partial charge in [0.2, 0.25) is 5.91 Å². The molecule has 0 saturated carbocycles. The van der Waals surface area contributed by atoms with Crippen molar-refractivity contribution < 1.29 is 19.3 Å². The van der Waals surface area contributed by atoms with E-state index in [9.17, 15) is 24.5 Å². The van der Waals surface area contributed by atoms with E-state index in [2.05, 4.69) is 20.9 Å². The second-order valence-corrected chi connectivity index (χ2v) is 8.28. The largest absolute Gasteiger partial charge is 0.322 e. The van der Waals surface area contributed by atoms with Crippen molar-refractivity contribution in [2.24, 2.45) is 0 Å².